The predicted octanol–water partition coefficient (Wildman–Crippen LogP) is 2.32. The van der Waals surface area contributed by atoms with Crippen molar-refractivity contribution in [3.05, 3.63) is 75.4 Å². The third kappa shape index (κ3) is 5.70. The SMILES string of the molecule is O=C(Cc1ccc(Cl)c(Cl)c1)NCc1cccc(NC2=CC(=O)N(C3CCC(=O)NC3=O)C2=O)c1. The van der Waals surface area contributed by atoms with E-state index in [9.17, 15) is 24.0 Å². The maximum absolute atomic E-state index is 12.8. The third-order valence-electron chi connectivity index (χ3n) is 5.52. The number of carbonyl (C=O) groups excluding carboxylic acids is 5. The van der Waals surface area contributed by atoms with E-state index in [-0.39, 0.29) is 37.4 Å². The summed E-state index contributed by atoms with van der Waals surface area (Å²) < 4.78 is 0. The molecule has 35 heavy (non-hydrogen) atoms. The van der Waals surface area contributed by atoms with Crippen molar-refractivity contribution in [2.75, 3.05) is 5.32 Å². The number of hydrogen-bond donors (Lipinski definition) is 3. The summed E-state index contributed by atoms with van der Waals surface area (Å²) in [6.07, 6.45) is 1.39. The molecule has 2 heterocycles. The van der Waals surface area contributed by atoms with E-state index in [1.807, 2.05) is 0 Å². The molecule has 2 aliphatic heterocycles. The number of nitrogens with zero attached hydrogens (tertiary/aromatic N) is 1. The molecule has 5 amide bonds. The molecule has 1 fully saturated rings. The highest BCUT2D eigenvalue weighted by Gasteiger charge is 2.42. The summed E-state index contributed by atoms with van der Waals surface area (Å²) in [5.74, 6) is -2.59. The van der Waals surface area contributed by atoms with Gasteiger partial charge in [0.05, 0.1) is 16.5 Å². The van der Waals surface area contributed by atoms with Gasteiger partial charge in [0.15, 0.2) is 0 Å². The lowest BCUT2D eigenvalue weighted by Crippen LogP contribution is -2.54. The second-order valence-corrected chi connectivity index (χ2v) is 8.88. The molecule has 2 aromatic carbocycles. The van der Waals surface area contributed by atoms with E-state index in [1.54, 1.807) is 42.5 Å². The zero-order valence-electron chi connectivity index (χ0n) is 18.3. The Bertz CT molecular complexity index is 1280. The van der Waals surface area contributed by atoms with Crippen molar-refractivity contribution < 1.29 is 24.0 Å². The van der Waals surface area contributed by atoms with Crippen molar-refractivity contribution >= 4 is 58.4 Å². The molecule has 1 unspecified atom stereocenters. The number of imide groups is 2. The van der Waals surface area contributed by atoms with E-state index < -0.39 is 29.7 Å². The van der Waals surface area contributed by atoms with Crippen LogP contribution in [0.1, 0.15) is 24.0 Å². The summed E-state index contributed by atoms with van der Waals surface area (Å²) in [6, 6.07) is 10.9. The fourth-order valence-electron chi connectivity index (χ4n) is 3.81. The van der Waals surface area contributed by atoms with Crippen LogP contribution in [0.4, 0.5) is 5.69 Å². The number of hydrogen-bond acceptors (Lipinski definition) is 6. The molecule has 11 heteroatoms. The number of amides is 5. The number of benzene rings is 2. The maximum Gasteiger partial charge on any atom is 0.278 e. The van der Waals surface area contributed by atoms with E-state index in [1.165, 1.54) is 0 Å². The monoisotopic (exact) mass is 514 g/mol. The number of rotatable bonds is 7. The topological polar surface area (TPSA) is 125 Å². The maximum atomic E-state index is 12.8. The zero-order valence-corrected chi connectivity index (χ0v) is 19.8. The molecule has 0 spiro atoms. The van der Waals surface area contributed by atoms with Gasteiger partial charge in [-0.05, 0) is 41.8 Å². The Morgan fingerprint density at radius 3 is 2.57 bits per heavy atom. The van der Waals surface area contributed by atoms with Crippen molar-refractivity contribution in [2.45, 2.75) is 31.8 Å². The molecule has 2 aliphatic rings. The fourth-order valence-corrected chi connectivity index (χ4v) is 4.13. The summed E-state index contributed by atoms with van der Waals surface area (Å²) in [4.78, 5) is 61.8. The van der Waals surface area contributed by atoms with Crippen LogP contribution in [0.3, 0.4) is 0 Å². The van der Waals surface area contributed by atoms with Gasteiger partial charge in [0.2, 0.25) is 17.7 Å². The van der Waals surface area contributed by atoms with Crippen LogP contribution < -0.4 is 16.0 Å². The Labute approximate surface area is 210 Å². The lowest BCUT2D eigenvalue weighted by molar-refractivity contribution is -0.149. The molecule has 0 aromatic heterocycles. The average Bonchev–Trinajstić information content (AvgIpc) is 3.08. The minimum absolute atomic E-state index is 0.0144. The first kappa shape index (κ1) is 24.4. The van der Waals surface area contributed by atoms with E-state index in [0.29, 0.717) is 15.7 Å². The van der Waals surface area contributed by atoms with Gasteiger partial charge >= 0.3 is 0 Å². The van der Waals surface area contributed by atoms with Crippen molar-refractivity contribution in [3.63, 3.8) is 0 Å². The Morgan fingerprint density at radius 2 is 1.83 bits per heavy atom. The largest absolute Gasteiger partial charge is 0.352 e. The zero-order chi connectivity index (χ0) is 25.1. The van der Waals surface area contributed by atoms with E-state index in [0.717, 1.165) is 22.1 Å². The van der Waals surface area contributed by atoms with Crippen molar-refractivity contribution in [1.82, 2.24) is 15.5 Å². The number of piperidine rings is 1. The van der Waals surface area contributed by atoms with E-state index in [2.05, 4.69) is 16.0 Å². The molecule has 1 atom stereocenters. The quantitative estimate of drug-likeness (QED) is 0.487. The normalized spacial score (nSPS) is 17.8. The van der Waals surface area contributed by atoms with Crippen LogP contribution in [0.25, 0.3) is 0 Å². The van der Waals surface area contributed by atoms with Crippen molar-refractivity contribution in [1.29, 1.82) is 0 Å². The van der Waals surface area contributed by atoms with Crippen LogP contribution in [0.15, 0.2) is 54.2 Å². The van der Waals surface area contributed by atoms with Gasteiger partial charge < -0.3 is 10.6 Å². The summed E-state index contributed by atoms with van der Waals surface area (Å²) in [5, 5.41) is 8.66. The van der Waals surface area contributed by atoms with Gasteiger partial charge in [-0.3, -0.25) is 34.2 Å². The molecule has 3 N–H and O–H groups in total. The standard InChI is InChI=1S/C24H20Cl2N4O5/c25-16-5-4-13(9-17(16)26)10-21(32)27-12-14-2-1-3-15(8-14)28-18-11-22(33)30(24(18)35)19-6-7-20(31)29-23(19)34/h1-5,8-9,11,19,28H,6-7,10,12H2,(H,27,32)(H,29,31,34). The summed E-state index contributed by atoms with van der Waals surface area (Å²) in [5.41, 5.74) is 2.03. The minimum Gasteiger partial charge on any atom is -0.352 e. The molecule has 0 radical (unpaired) electrons. The highest BCUT2D eigenvalue weighted by molar-refractivity contribution is 6.42. The molecule has 0 bridgehead atoms. The second kappa shape index (κ2) is 10.3. The lowest BCUT2D eigenvalue weighted by Gasteiger charge is -2.28. The molecular formula is C24H20Cl2N4O5. The third-order valence-corrected chi connectivity index (χ3v) is 6.26. The van der Waals surface area contributed by atoms with E-state index in [4.69, 9.17) is 23.2 Å². The van der Waals surface area contributed by atoms with Gasteiger partial charge in [-0.25, -0.2) is 0 Å². The Balaban J connectivity index is 1.35. The van der Waals surface area contributed by atoms with Crippen LogP contribution in [0.2, 0.25) is 10.0 Å². The summed E-state index contributed by atoms with van der Waals surface area (Å²) in [7, 11) is 0. The van der Waals surface area contributed by atoms with Gasteiger partial charge in [-0.2, -0.15) is 0 Å². The summed E-state index contributed by atoms with van der Waals surface area (Å²) in [6.45, 7) is 0.240. The molecule has 1 saturated heterocycles. The van der Waals surface area contributed by atoms with Crippen LogP contribution in [-0.2, 0) is 36.9 Å². The van der Waals surface area contributed by atoms with Gasteiger partial charge in [-0.1, -0.05) is 41.4 Å². The Hall–Kier alpha value is -3.69. The average molecular weight is 515 g/mol. The van der Waals surface area contributed by atoms with Crippen molar-refractivity contribution in [2.24, 2.45) is 0 Å². The van der Waals surface area contributed by atoms with E-state index >= 15 is 0 Å². The predicted molar refractivity (Wildman–Crippen MR) is 128 cm³/mol. The van der Waals surface area contributed by atoms with Crippen LogP contribution >= 0.6 is 23.2 Å². The fraction of sp³-hybridized carbons (Fsp3) is 0.208. The van der Waals surface area contributed by atoms with Gasteiger partial charge in [0, 0.05) is 24.7 Å². The van der Waals surface area contributed by atoms with Crippen LogP contribution in [0, 0.1) is 0 Å². The second-order valence-electron chi connectivity index (χ2n) is 8.07. The smallest absolute Gasteiger partial charge is 0.278 e. The van der Waals surface area contributed by atoms with Gasteiger partial charge in [0.1, 0.15) is 11.7 Å². The first-order chi connectivity index (χ1) is 16.7. The number of carbonyl (C=O) groups is 5. The highest BCUT2D eigenvalue weighted by Crippen LogP contribution is 2.24. The molecule has 2 aromatic rings. The lowest BCUT2D eigenvalue weighted by atomic mass is 10.0. The number of halogens is 2. The number of anilines is 1. The summed E-state index contributed by atoms with van der Waals surface area (Å²) >= 11 is 11.9. The first-order valence-corrected chi connectivity index (χ1v) is 11.5. The molecule has 4 rings (SSSR count). The number of nitrogens with one attached hydrogen (secondary N) is 3. The minimum atomic E-state index is -1.03. The molecule has 9 nitrogen and oxygen atoms in total. The van der Waals surface area contributed by atoms with Crippen molar-refractivity contribution in [3.8, 4) is 0 Å². The molecule has 0 saturated carbocycles. The Kier molecular flexibility index (Phi) is 7.18. The molecule has 180 valence electrons. The molecule has 0 aliphatic carbocycles. The highest BCUT2D eigenvalue weighted by atomic mass is 35.5. The van der Waals surface area contributed by atoms with Gasteiger partial charge in [-0.15, -0.1) is 0 Å². The van der Waals surface area contributed by atoms with Crippen LogP contribution in [0.5, 0.6) is 0 Å². The van der Waals surface area contributed by atoms with Crippen LogP contribution in [-0.4, -0.2) is 40.5 Å². The molecular weight excluding hydrogens is 495 g/mol. The Morgan fingerprint density at radius 1 is 1.03 bits per heavy atom. The van der Waals surface area contributed by atoms with Gasteiger partial charge in [0.25, 0.3) is 11.8 Å². The first-order valence-electron chi connectivity index (χ1n) is 10.7.